The van der Waals surface area contributed by atoms with Crippen LogP contribution in [0.15, 0.2) is 6.07 Å². The van der Waals surface area contributed by atoms with Crippen molar-refractivity contribution in [2.75, 3.05) is 12.1 Å². The van der Waals surface area contributed by atoms with E-state index < -0.39 is 0 Å². The lowest BCUT2D eigenvalue weighted by molar-refractivity contribution is -0.114. The monoisotopic (exact) mass is 221 g/mol. The van der Waals surface area contributed by atoms with Gasteiger partial charge in [-0.1, -0.05) is 0 Å². The number of rotatable bonds is 2. The molecule has 16 heavy (non-hydrogen) atoms. The lowest BCUT2D eigenvalue weighted by Gasteiger charge is -2.11. The van der Waals surface area contributed by atoms with E-state index in [0.29, 0.717) is 28.3 Å². The Hall–Kier alpha value is -2.04. The molecule has 0 aliphatic carbocycles. The Balaban J connectivity index is 2.59. The fourth-order valence-electron chi connectivity index (χ4n) is 1.60. The van der Waals surface area contributed by atoms with Crippen LogP contribution >= 0.6 is 0 Å². The first-order valence-electron chi connectivity index (χ1n) is 4.79. The third-order valence-electron chi connectivity index (χ3n) is 2.39. The average molecular weight is 221 g/mol. The minimum absolute atomic E-state index is 0.101. The van der Waals surface area contributed by atoms with Crippen LogP contribution in [0.4, 0.5) is 5.69 Å². The maximum Gasteiger partial charge on any atom is 0.231 e. The number of ether oxygens (including phenoxy) is 2. The molecule has 1 aromatic carbocycles. The second kappa shape index (κ2) is 3.84. The van der Waals surface area contributed by atoms with E-state index in [4.69, 9.17) is 9.47 Å². The van der Waals surface area contributed by atoms with Crippen molar-refractivity contribution < 1.29 is 19.1 Å². The summed E-state index contributed by atoms with van der Waals surface area (Å²) in [5, 5.41) is 2.65. The predicted molar refractivity (Wildman–Crippen MR) is 57.0 cm³/mol. The maximum atomic E-state index is 11.1. The molecule has 2 rings (SSSR count). The summed E-state index contributed by atoms with van der Waals surface area (Å²) in [5.74, 6) is 0.749. The summed E-state index contributed by atoms with van der Waals surface area (Å²) >= 11 is 0. The minimum Gasteiger partial charge on any atom is -0.453 e. The van der Waals surface area contributed by atoms with E-state index in [-0.39, 0.29) is 12.7 Å². The van der Waals surface area contributed by atoms with E-state index >= 15 is 0 Å². The van der Waals surface area contributed by atoms with Crippen LogP contribution in [0.3, 0.4) is 0 Å². The molecule has 1 aromatic rings. The summed E-state index contributed by atoms with van der Waals surface area (Å²) in [5.41, 5.74) is 1.66. The molecule has 0 unspecified atom stereocenters. The Morgan fingerprint density at radius 2 is 2.25 bits per heavy atom. The van der Waals surface area contributed by atoms with E-state index in [0.717, 1.165) is 6.29 Å². The van der Waals surface area contributed by atoms with E-state index in [1.807, 2.05) is 0 Å². The van der Waals surface area contributed by atoms with Crippen molar-refractivity contribution in [1.82, 2.24) is 0 Å². The fourth-order valence-corrected chi connectivity index (χ4v) is 1.60. The van der Waals surface area contributed by atoms with Crippen molar-refractivity contribution in [2.45, 2.75) is 13.8 Å². The van der Waals surface area contributed by atoms with Crippen molar-refractivity contribution in [3.8, 4) is 11.5 Å². The molecule has 1 aliphatic rings. The number of benzene rings is 1. The molecule has 0 saturated carbocycles. The molecular formula is C11H11NO4. The summed E-state index contributed by atoms with van der Waals surface area (Å²) in [4.78, 5) is 21.9. The number of hydrogen-bond acceptors (Lipinski definition) is 4. The summed E-state index contributed by atoms with van der Waals surface area (Å²) in [7, 11) is 0. The molecule has 0 aromatic heterocycles. The number of fused-ring (bicyclic) bond motifs is 1. The molecule has 84 valence electrons. The number of hydrogen-bond donors (Lipinski definition) is 1. The van der Waals surface area contributed by atoms with E-state index in [1.54, 1.807) is 13.0 Å². The topological polar surface area (TPSA) is 64.6 Å². The lowest BCUT2D eigenvalue weighted by Crippen LogP contribution is -2.09. The van der Waals surface area contributed by atoms with Crippen LogP contribution in [-0.4, -0.2) is 19.0 Å². The second-order valence-corrected chi connectivity index (χ2v) is 3.50. The van der Waals surface area contributed by atoms with Gasteiger partial charge in [0.05, 0.1) is 5.69 Å². The summed E-state index contributed by atoms with van der Waals surface area (Å²) in [6, 6.07) is 1.61. The van der Waals surface area contributed by atoms with Gasteiger partial charge in [0.25, 0.3) is 0 Å². The molecule has 1 amide bonds. The molecule has 1 N–H and O–H groups in total. The minimum atomic E-state index is -0.219. The highest BCUT2D eigenvalue weighted by Gasteiger charge is 2.22. The van der Waals surface area contributed by atoms with Crippen LogP contribution in [-0.2, 0) is 4.79 Å². The van der Waals surface area contributed by atoms with Gasteiger partial charge < -0.3 is 14.8 Å². The van der Waals surface area contributed by atoms with Gasteiger partial charge in [-0.15, -0.1) is 0 Å². The number of amides is 1. The Labute approximate surface area is 92.4 Å². The van der Waals surface area contributed by atoms with E-state index in [2.05, 4.69) is 5.32 Å². The molecule has 1 aliphatic heterocycles. The summed E-state index contributed by atoms with van der Waals surface area (Å²) in [6.45, 7) is 3.25. The van der Waals surface area contributed by atoms with Crippen molar-refractivity contribution in [3.63, 3.8) is 0 Å². The highest BCUT2D eigenvalue weighted by molar-refractivity contribution is 5.95. The summed E-state index contributed by atoms with van der Waals surface area (Å²) < 4.78 is 10.4. The van der Waals surface area contributed by atoms with Gasteiger partial charge in [-0.3, -0.25) is 9.59 Å². The number of carbonyl (C=O) groups excluding carboxylic acids is 2. The SMILES string of the molecule is CC(=O)Nc1c(C)c(C=O)cc2c1OCO2. The first-order valence-corrected chi connectivity index (χ1v) is 4.79. The number of carbonyl (C=O) groups is 2. The Morgan fingerprint density at radius 3 is 2.88 bits per heavy atom. The molecule has 0 fully saturated rings. The van der Waals surface area contributed by atoms with Gasteiger partial charge in [0.1, 0.15) is 0 Å². The predicted octanol–water partition coefficient (Wildman–Crippen LogP) is 1.49. The molecule has 1 heterocycles. The smallest absolute Gasteiger partial charge is 0.231 e. The molecule has 0 saturated heterocycles. The number of anilines is 1. The van der Waals surface area contributed by atoms with Crippen molar-refractivity contribution in [3.05, 3.63) is 17.2 Å². The Bertz CT molecular complexity index is 468. The van der Waals surface area contributed by atoms with Gasteiger partial charge in [-0.25, -0.2) is 0 Å². The molecule has 0 atom stereocenters. The van der Waals surface area contributed by atoms with Crippen LogP contribution in [0.2, 0.25) is 0 Å². The first-order chi connectivity index (χ1) is 7.63. The van der Waals surface area contributed by atoms with Gasteiger partial charge in [0.15, 0.2) is 17.8 Å². The molecule has 5 heteroatoms. The van der Waals surface area contributed by atoms with Crippen LogP contribution in [0.25, 0.3) is 0 Å². The quantitative estimate of drug-likeness (QED) is 0.768. The first kappa shape index (κ1) is 10.5. The average Bonchev–Trinajstić information content (AvgIpc) is 2.69. The molecule has 0 bridgehead atoms. The normalized spacial score (nSPS) is 12.4. The third-order valence-corrected chi connectivity index (χ3v) is 2.39. The third kappa shape index (κ3) is 1.60. The zero-order valence-corrected chi connectivity index (χ0v) is 8.99. The number of nitrogens with one attached hydrogen (secondary N) is 1. The fraction of sp³-hybridized carbons (Fsp3) is 0.273. The van der Waals surface area contributed by atoms with Crippen molar-refractivity contribution in [1.29, 1.82) is 0 Å². The highest BCUT2D eigenvalue weighted by Crippen LogP contribution is 2.42. The molecule has 0 spiro atoms. The molecular weight excluding hydrogens is 210 g/mol. The summed E-state index contributed by atoms with van der Waals surface area (Å²) in [6.07, 6.45) is 0.725. The Morgan fingerprint density at radius 1 is 1.50 bits per heavy atom. The number of aldehydes is 1. The van der Waals surface area contributed by atoms with Gasteiger partial charge in [0, 0.05) is 12.5 Å². The largest absolute Gasteiger partial charge is 0.453 e. The van der Waals surface area contributed by atoms with Gasteiger partial charge >= 0.3 is 0 Å². The maximum absolute atomic E-state index is 11.1. The molecule has 0 radical (unpaired) electrons. The van der Waals surface area contributed by atoms with Crippen molar-refractivity contribution >= 4 is 17.9 Å². The standard InChI is InChI=1S/C11H11NO4/c1-6-8(4-13)3-9-11(16-5-15-9)10(6)12-7(2)14/h3-4H,5H2,1-2H3,(H,12,14). The van der Waals surface area contributed by atoms with Gasteiger partial charge in [0.2, 0.25) is 12.7 Å². The van der Waals surface area contributed by atoms with Crippen LogP contribution < -0.4 is 14.8 Å². The molecule has 5 nitrogen and oxygen atoms in total. The van der Waals surface area contributed by atoms with Crippen molar-refractivity contribution in [2.24, 2.45) is 0 Å². The zero-order valence-electron chi connectivity index (χ0n) is 8.99. The van der Waals surface area contributed by atoms with Crippen LogP contribution in [0, 0.1) is 6.92 Å². The van der Waals surface area contributed by atoms with Gasteiger partial charge in [-0.2, -0.15) is 0 Å². The van der Waals surface area contributed by atoms with Crippen LogP contribution in [0.5, 0.6) is 11.5 Å². The zero-order chi connectivity index (χ0) is 11.7. The lowest BCUT2D eigenvalue weighted by atomic mass is 10.1. The van der Waals surface area contributed by atoms with E-state index in [9.17, 15) is 9.59 Å². The van der Waals surface area contributed by atoms with Crippen LogP contribution in [0.1, 0.15) is 22.8 Å². The van der Waals surface area contributed by atoms with E-state index in [1.165, 1.54) is 6.92 Å². The van der Waals surface area contributed by atoms with Gasteiger partial charge in [-0.05, 0) is 18.6 Å². The Kier molecular flexibility index (Phi) is 2.52. The second-order valence-electron chi connectivity index (χ2n) is 3.50. The highest BCUT2D eigenvalue weighted by atomic mass is 16.7.